The van der Waals surface area contributed by atoms with E-state index in [1.807, 2.05) is 26.8 Å². The Morgan fingerprint density at radius 3 is 2.14 bits per heavy atom. The van der Waals surface area contributed by atoms with Crippen molar-refractivity contribution in [3.05, 3.63) is 107 Å². The second-order valence-corrected chi connectivity index (χ2v) is 8.79. The lowest BCUT2D eigenvalue weighted by Gasteiger charge is -2.25. The number of rotatable bonds is 6. The topological polar surface area (TPSA) is 35.5 Å². The van der Waals surface area contributed by atoms with Crippen LogP contribution in [0, 0.1) is 0 Å². The van der Waals surface area contributed by atoms with Crippen LogP contribution in [0.5, 0.6) is 5.75 Å². The van der Waals surface area contributed by atoms with Crippen molar-refractivity contribution >= 4 is 23.6 Å². The molecule has 0 radical (unpaired) electrons. The van der Waals surface area contributed by atoms with Gasteiger partial charge < -0.3 is 9.47 Å². The molecule has 3 aromatic rings. The minimum atomic E-state index is -0.370. The normalized spacial score (nSPS) is 14.2. The molecule has 37 heavy (non-hydrogen) atoms. The predicted molar refractivity (Wildman–Crippen MR) is 157 cm³/mol. The molecule has 0 atom stereocenters. The standard InChI is InChI=1S/C28H27ClO3.C3H6.C2H6/c1-2-31-28(30)24-14-17-27(26(29)19-24)32-25-15-10-21(11-16-25)18-20-8-12-23(13-9-20)22-6-4-3-5-7-22;1-3-2;1-2/h3-9,12-14,17-19,25H,2,10-11,15-16H2,1H3;3H,1H2,2H3;1-2H3. The summed E-state index contributed by atoms with van der Waals surface area (Å²) in [5.41, 5.74) is 5.59. The van der Waals surface area contributed by atoms with Crippen LogP contribution >= 0.6 is 11.6 Å². The first kappa shape index (κ1) is 29.9. The van der Waals surface area contributed by atoms with Gasteiger partial charge in [-0.2, -0.15) is 0 Å². The Labute approximate surface area is 227 Å². The molecule has 1 saturated carbocycles. The van der Waals surface area contributed by atoms with Gasteiger partial charge in [0.1, 0.15) is 5.75 Å². The first-order valence-electron chi connectivity index (χ1n) is 13.1. The minimum absolute atomic E-state index is 0.124. The molecule has 3 aromatic carbocycles. The molecule has 0 aromatic heterocycles. The third kappa shape index (κ3) is 9.59. The van der Waals surface area contributed by atoms with Crippen LogP contribution in [0.2, 0.25) is 5.02 Å². The Kier molecular flexibility index (Phi) is 13.3. The zero-order valence-corrected chi connectivity index (χ0v) is 23.3. The zero-order chi connectivity index (χ0) is 27.0. The number of halogens is 1. The summed E-state index contributed by atoms with van der Waals surface area (Å²) in [5, 5.41) is 0.440. The number of hydrogen-bond acceptors (Lipinski definition) is 3. The summed E-state index contributed by atoms with van der Waals surface area (Å²) in [4.78, 5) is 11.8. The maximum Gasteiger partial charge on any atom is 0.338 e. The smallest absolute Gasteiger partial charge is 0.338 e. The second kappa shape index (κ2) is 16.4. The molecule has 4 heteroatoms. The molecule has 0 unspecified atom stereocenters. The molecule has 1 aliphatic carbocycles. The minimum Gasteiger partial charge on any atom is -0.489 e. The molecular weight excluding hydrogens is 480 g/mol. The van der Waals surface area contributed by atoms with Gasteiger partial charge in [-0.15, -0.1) is 6.58 Å². The number of ether oxygens (including phenoxy) is 2. The van der Waals surface area contributed by atoms with Crippen molar-refractivity contribution < 1.29 is 14.3 Å². The molecular formula is C33H39ClO3. The van der Waals surface area contributed by atoms with E-state index in [0.717, 1.165) is 25.7 Å². The maximum atomic E-state index is 11.8. The SMILES string of the molecule is C=CC.CC.CCOC(=O)c1ccc(OC2CCC(=Cc3ccc(-c4ccccc4)cc3)CC2)c(Cl)c1. The molecule has 196 valence electrons. The van der Waals surface area contributed by atoms with Crippen molar-refractivity contribution in [3.8, 4) is 16.9 Å². The average Bonchev–Trinajstić information content (AvgIpc) is 2.93. The summed E-state index contributed by atoms with van der Waals surface area (Å²) >= 11 is 6.34. The quantitative estimate of drug-likeness (QED) is 0.240. The van der Waals surface area contributed by atoms with Crippen LogP contribution in [0.3, 0.4) is 0 Å². The summed E-state index contributed by atoms with van der Waals surface area (Å²) in [6, 6.07) is 24.2. The number of hydrogen-bond donors (Lipinski definition) is 0. The van der Waals surface area contributed by atoms with E-state index in [9.17, 15) is 4.79 Å². The van der Waals surface area contributed by atoms with Gasteiger partial charge >= 0.3 is 5.97 Å². The van der Waals surface area contributed by atoms with E-state index in [1.54, 1.807) is 31.2 Å². The average molecular weight is 519 g/mol. The van der Waals surface area contributed by atoms with Crippen LogP contribution in [0.1, 0.15) is 69.3 Å². The van der Waals surface area contributed by atoms with Crippen molar-refractivity contribution in [2.24, 2.45) is 0 Å². The summed E-state index contributed by atoms with van der Waals surface area (Å²) in [6.45, 7) is 11.4. The van der Waals surface area contributed by atoms with Gasteiger partial charge in [0.25, 0.3) is 0 Å². The van der Waals surface area contributed by atoms with Crippen molar-refractivity contribution in [1.29, 1.82) is 0 Å². The number of carbonyl (C=O) groups excluding carboxylic acids is 1. The van der Waals surface area contributed by atoms with Crippen LogP contribution in [0.25, 0.3) is 17.2 Å². The third-order valence-electron chi connectivity index (χ3n) is 5.70. The number of esters is 1. The highest BCUT2D eigenvalue weighted by Gasteiger charge is 2.20. The van der Waals surface area contributed by atoms with Crippen molar-refractivity contribution in [2.75, 3.05) is 6.61 Å². The van der Waals surface area contributed by atoms with E-state index in [-0.39, 0.29) is 12.1 Å². The van der Waals surface area contributed by atoms with Gasteiger partial charge in [0.05, 0.1) is 23.3 Å². The van der Waals surface area contributed by atoms with E-state index in [2.05, 4.69) is 61.2 Å². The fourth-order valence-electron chi connectivity index (χ4n) is 3.98. The zero-order valence-electron chi connectivity index (χ0n) is 22.5. The monoisotopic (exact) mass is 518 g/mol. The van der Waals surface area contributed by atoms with Gasteiger partial charge in [-0.25, -0.2) is 4.79 Å². The summed E-state index contributed by atoms with van der Waals surface area (Å²) < 4.78 is 11.2. The fraction of sp³-hybridized carbons (Fsp3) is 0.303. The molecule has 0 saturated heterocycles. The lowest BCUT2D eigenvalue weighted by atomic mass is 9.91. The Morgan fingerprint density at radius 2 is 1.57 bits per heavy atom. The second-order valence-electron chi connectivity index (χ2n) is 8.38. The highest BCUT2D eigenvalue weighted by atomic mass is 35.5. The van der Waals surface area contributed by atoms with E-state index < -0.39 is 0 Å². The molecule has 1 aliphatic rings. The molecule has 4 rings (SSSR count). The molecule has 0 heterocycles. The summed E-state index contributed by atoms with van der Waals surface area (Å²) in [7, 11) is 0. The van der Waals surface area contributed by atoms with E-state index >= 15 is 0 Å². The Hall–Kier alpha value is -3.30. The van der Waals surface area contributed by atoms with Crippen molar-refractivity contribution in [1.82, 2.24) is 0 Å². The molecule has 0 bridgehead atoms. The molecule has 0 aliphatic heterocycles. The van der Waals surface area contributed by atoms with Gasteiger partial charge in [-0.1, -0.05) is 97.8 Å². The highest BCUT2D eigenvalue weighted by molar-refractivity contribution is 6.32. The van der Waals surface area contributed by atoms with Crippen LogP contribution < -0.4 is 4.74 Å². The van der Waals surface area contributed by atoms with Crippen molar-refractivity contribution in [3.63, 3.8) is 0 Å². The van der Waals surface area contributed by atoms with E-state index in [1.165, 1.54) is 22.3 Å². The third-order valence-corrected chi connectivity index (χ3v) is 6.00. The maximum absolute atomic E-state index is 11.8. The Bertz CT molecular complexity index is 1120. The van der Waals surface area contributed by atoms with Gasteiger partial charge in [0, 0.05) is 0 Å². The van der Waals surface area contributed by atoms with Crippen LogP contribution in [0.15, 0.2) is 91.0 Å². The summed E-state index contributed by atoms with van der Waals surface area (Å²) in [5.74, 6) is 0.249. The molecule has 0 N–H and O–H groups in total. The Morgan fingerprint density at radius 1 is 0.973 bits per heavy atom. The van der Waals surface area contributed by atoms with Crippen molar-refractivity contribution in [2.45, 2.75) is 59.5 Å². The predicted octanol–water partition coefficient (Wildman–Crippen LogP) is 9.81. The Balaban J connectivity index is 0.000000898. The van der Waals surface area contributed by atoms with E-state index in [4.69, 9.17) is 21.1 Å². The van der Waals surface area contributed by atoms with Gasteiger partial charge in [-0.05, 0) is 74.4 Å². The number of allylic oxidation sites excluding steroid dienone is 2. The molecule has 1 fully saturated rings. The lowest BCUT2D eigenvalue weighted by molar-refractivity contribution is 0.0526. The molecule has 0 amide bonds. The lowest BCUT2D eigenvalue weighted by Crippen LogP contribution is -2.21. The van der Waals surface area contributed by atoms with E-state index in [0.29, 0.717) is 22.9 Å². The summed E-state index contributed by atoms with van der Waals surface area (Å²) in [6.07, 6.45) is 8.08. The van der Waals surface area contributed by atoms with Gasteiger partial charge in [0.2, 0.25) is 0 Å². The first-order valence-corrected chi connectivity index (χ1v) is 13.5. The largest absolute Gasteiger partial charge is 0.489 e. The van der Waals surface area contributed by atoms with Crippen LogP contribution in [-0.2, 0) is 4.74 Å². The van der Waals surface area contributed by atoms with Crippen LogP contribution in [0.4, 0.5) is 0 Å². The molecule has 3 nitrogen and oxygen atoms in total. The van der Waals surface area contributed by atoms with Crippen LogP contribution in [-0.4, -0.2) is 18.7 Å². The molecule has 0 spiro atoms. The highest BCUT2D eigenvalue weighted by Crippen LogP contribution is 2.32. The number of carbonyl (C=O) groups is 1. The number of benzene rings is 3. The first-order chi connectivity index (χ1) is 18.0. The van der Waals surface area contributed by atoms with Gasteiger partial charge in [-0.3, -0.25) is 0 Å². The van der Waals surface area contributed by atoms with Gasteiger partial charge in [0.15, 0.2) is 0 Å². The fourth-order valence-corrected chi connectivity index (χ4v) is 4.20.